The maximum Gasteiger partial charge on any atom is 0.227 e. The number of hydrogen-bond donors (Lipinski definition) is 1. The SMILES string of the molecule is CCCC(CN)C(=O)N1CCOC(C)C1. The van der Waals surface area contributed by atoms with E-state index in [2.05, 4.69) is 6.92 Å². The molecule has 0 bridgehead atoms. The highest BCUT2D eigenvalue weighted by molar-refractivity contribution is 5.79. The number of carbonyl (C=O) groups is 1. The van der Waals surface area contributed by atoms with E-state index >= 15 is 0 Å². The first-order valence-corrected chi connectivity index (χ1v) is 5.79. The largest absolute Gasteiger partial charge is 0.375 e. The van der Waals surface area contributed by atoms with Crippen molar-refractivity contribution in [3.63, 3.8) is 0 Å². The van der Waals surface area contributed by atoms with Gasteiger partial charge in [-0.15, -0.1) is 0 Å². The average Bonchev–Trinajstić information content (AvgIpc) is 2.25. The Labute approximate surface area is 91.8 Å². The highest BCUT2D eigenvalue weighted by Crippen LogP contribution is 2.12. The molecule has 2 atom stereocenters. The molecule has 2 N–H and O–H groups in total. The van der Waals surface area contributed by atoms with Gasteiger partial charge in [-0.1, -0.05) is 13.3 Å². The number of ether oxygens (including phenoxy) is 1. The number of morpholine rings is 1. The lowest BCUT2D eigenvalue weighted by molar-refractivity contribution is -0.142. The predicted molar refractivity (Wildman–Crippen MR) is 59.4 cm³/mol. The highest BCUT2D eigenvalue weighted by Gasteiger charge is 2.26. The molecule has 0 aromatic carbocycles. The Kier molecular flexibility index (Phi) is 5.05. The molecule has 0 aromatic rings. The van der Waals surface area contributed by atoms with Gasteiger partial charge in [0.2, 0.25) is 5.91 Å². The zero-order chi connectivity index (χ0) is 11.3. The van der Waals surface area contributed by atoms with Gasteiger partial charge in [-0.05, 0) is 13.3 Å². The van der Waals surface area contributed by atoms with Crippen LogP contribution in [-0.2, 0) is 9.53 Å². The third-order valence-electron chi connectivity index (χ3n) is 2.82. The smallest absolute Gasteiger partial charge is 0.227 e. The first-order chi connectivity index (χ1) is 7.19. The maximum atomic E-state index is 12.1. The van der Waals surface area contributed by atoms with Crippen LogP contribution in [0.25, 0.3) is 0 Å². The number of amides is 1. The molecule has 4 heteroatoms. The molecule has 1 aliphatic rings. The summed E-state index contributed by atoms with van der Waals surface area (Å²) in [6, 6.07) is 0. The van der Waals surface area contributed by atoms with E-state index in [-0.39, 0.29) is 17.9 Å². The summed E-state index contributed by atoms with van der Waals surface area (Å²) in [6.45, 7) is 6.60. The third-order valence-corrected chi connectivity index (χ3v) is 2.82. The summed E-state index contributed by atoms with van der Waals surface area (Å²) in [5.41, 5.74) is 5.62. The van der Waals surface area contributed by atoms with Crippen LogP contribution in [0.1, 0.15) is 26.7 Å². The zero-order valence-corrected chi connectivity index (χ0v) is 9.74. The first-order valence-electron chi connectivity index (χ1n) is 5.79. The molecule has 15 heavy (non-hydrogen) atoms. The molecule has 88 valence electrons. The number of nitrogens with two attached hydrogens (primary N) is 1. The van der Waals surface area contributed by atoms with Crippen molar-refractivity contribution < 1.29 is 9.53 Å². The predicted octanol–water partition coefficient (Wildman–Crippen LogP) is 0.609. The van der Waals surface area contributed by atoms with Crippen molar-refractivity contribution in [1.29, 1.82) is 0 Å². The molecular weight excluding hydrogens is 192 g/mol. The summed E-state index contributed by atoms with van der Waals surface area (Å²) in [5, 5.41) is 0. The topological polar surface area (TPSA) is 55.6 Å². The van der Waals surface area contributed by atoms with Gasteiger partial charge >= 0.3 is 0 Å². The van der Waals surface area contributed by atoms with Crippen molar-refractivity contribution >= 4 is 5.91 Å². The number of rotatable bonds is 4. The lowest BCUT2D eigenvalue weighted by Gasteiger charge is -2.33. The van der Waals surface area contributed by atoms with E-state index in [1.54, 1.807) is 0 Å². The van der Waals surface area contributed by atoms with Crippen LogP contribution in [0.3, 0.4) is 0 Å². The normalized spacial score (nSPS) is 23.9. The van der Waals surface area contributed by atoms with Crippen LogP contribution in [0, 0.1) is 5.92 Å². The van der Waals surface area contributed by atoms with Crippen LogP contribution in [0.15, 0.2) is 0 Å². The van der Waals surface area contributed by atoms with Gasteiger partial charge in [0.05, 0.1) is 18.6 Å². The molecule has 2 unspecified atom stereocenters. The summed E-state index contributed by atoms with van der Waals surface area (Å²) in [6.07, 6.45) is 2.05. The van der Waals surface area contributed by atoms with Gasteiger partial charge in [-0.2, -0.15) is 0 Å². The fourth-order valence-electron chi connectivity index (χ4n) is 1.97. The molecule has 1 aliphatic heterocycles. The fraction of sp³-hybridized carbons (Fsp3) is 0.909. The lowest BCUT2D eigenvalue weighted by Crippen LogP contribution is -2.48. The molecule has 1 heterocycles. The van der Waals surface area contributed by atoms with Gasteiger partial charge in [0, 0.05) is 19.6 Å². The Morgan fingerprint density at radius 3 is 2.93 bits per heavy atom. The molecule has 0 spiro atoms. The van der Waals surface area contributed by atoms with Crippen molar-refractivity contribution in [2.45, 2.75) is 32.8 Å². The van der Waals surface area contributed by atoms with Gasteiger partial charge in [0.15, 0.2) is 0 Å². The number of nitrogens with zero attached hydrogens (tertiary/aromatic N) is 1. The van der Waals surface area contributed by atoms with Crippen LogP contribution in [0.5, 0.6) is 0 Å². The zero-order valence-electron chi connectivity index (χ0n) is 9.74. The summed E-state index contributed by atoms with van der Waals surface area (Å²) in [5.74, 6) is 0.204. The van der Waals surface area contributed by atoms with E-state index < -0.39 is 0 Å². The lowest BCUT2D eigenvalue weighted by atomic mass is 10.0. The van der Waals surface area contributed by atoms with E-state index in [0.29, 0.717) is 26.2 Å². The van der Waals surface area contributed by atoms with Gasteiger partial charge in [0.25, 0.3) is 0 Å². The number of carbonyl (C=O) groups excluding carboxylic acids is 1. The van der Waals surface area contributed by atoms with Gasteiger partial charge in [-0.25, -0.2) is 0 Å². The van der Waals surface area contributed by atoms with Crippen LogP contribution in [-0.4, -0.2) is 43.2 Å². The molecule has 1 rings (SSSR count). The standard InChI is InChI=1S/C11H22N2O2/c1-3-4-10(7-12)11(14)13-5-6-15-9(2)8-13/h9-10H,3-8,12H2,1-2H3. The summed E-state index contributed by atoms with van der Waals surface area (Å²) >= 11 is 0. The molecule has 1 fully saturated rings. The van der Waals surface area contributed by atoms with E-state index in [1.165, 1.54) is 0 Å². The molecule has 4 nitrogen and oxygen atoms in total. The minimum absolute atomic E-state index is 0.000278. The molecular formula is C11H22N2O2. The van der Waals surface area contributed by atoms with Gasteiger partial charge in [0.1, 0.15) is 0 Å². The van der Waals surface area contributed by atoms with E-state index in [4.69, 9.17) is 10.5 Å². The molecule has 0 aromatic heterocycles. The maximum absolute atomic E-state index is 12.1. The van der Waals surface area contributed by atoms with Gasteiger partial charge in [-0.3, -0.25) is 4.79 Å². The van der Waals surface area contributed by atoms with Crippen molar-refractivity contribution in [2.75, 3.05) is 26.2 Å². The summed E-state index contributed by atoms with van der Waals surface area (Å²) < 4.78 is 5.41. The minimum atomic E-state index is 0.000278. The van der Waals surface area contributed by atoms with E-state index in [1.807, 2.05) is 11.8 Å². The molecule has 1 saturated heterocycles. The monoisotopic (exact) mass is 214 g/mol. The van der Waals surface area contributed by atoms with Crippen LogP contribution >= 0.6 is 0 Å². The molecule has 1 amide bonds. The van der Waals surface area contributed by atoms with Crippen LogP contribution in [0.4, 0.5) is 0 Å². The molecule has 0 aliphatic carbocycles. The molecule has 0 radical (unpaired) electrons. The molecule has 0 saturated carbocycles. The Morgan fingerprint density at radius 2 is 2.40 bits per heavy atom. The minimum Gasteiger partial charge on any atom is -0.375 e. The quantitative estimate of drug-likeness (QED) is 0.746. The van der Waals surface area contributed by atoms with Gasteiger partial charge < -0.3 is 15.4 Å². The van der Waals surface area contributed by atoms with Crippen LogP contribution < -0.4 is 5.73 Å². The van der Waals surface area contributed by atoms with E-state index in [9.17, 15) is 4.79 Å². The Morgan fingerprint density at radius 1 is 1.67 bits per heavy atom. The summed E-state index contributed by atoms with van der Waals surface area (Å²) in [7, 11) is 0. The Balaban J connectivity index is 2.49. The van der Waals surface area contributed by atoms with E-state index in [0.717, 1.165) is 12.8 Å². The number of hydrogen-bond acceptors (Lipinski definition) is 3. The van der Waals surface area contributed by atoms with Crippen molar-refractivity contribution in [3.05, 3.63) is 0 Å². The Bertz CT molecular complexity index is 209. The van der Waals surface area contributed by atoms with Crippen molar-refractivity contribution in [1.82, 2.24) is 4.90 Å². The summed E-state index contributed by atoms with van der Waals surface area (Å²) in [4.78, 5) is 13.9. The average molecular weight is 214 g/mol. The first kappa shape index (κ1) is 12.5. The van der Waals surface area contributed by atoms with Crippen molar-refractivity contribution in [3.8, 4) is 0 Å². The third kappa shape index (κ3) is 3.47. The fourth-order valence-corrected chi connectivity index (χ4v) is 1.97. The second-order valence-electron chi connectivity index (χ2n) is 4.19. The van der Waals surface area contributed by atoms with Crippen LogP contribution in [0.2, 0.25) is 0 Å². The van der Waals surface area contributed by atoms with Crippen molar-refractivity contribution in [2.24, 2.45) is 11.7 Å². The second-order valence-corrected chi connectivity index (χ2v) is 4.19. The second kappa shape index (κ2) is 6.08. The highest BCUT2D eigenvalue weighted by atomic mass is 16.5. The Hall–Kier alpha value is -0.610.